The summed E-state index contributed by atoms with van der Waals surface area (Å²) in [5, 5.41) is 28.8. The van der Waals surface area contributed by atoms with Crippen molar-refractivity contribution in [2.24, 2.45) is 0 Å². The molecule has 0 atom stereocenters. The number of anilines is 3. The first kappa shape index (κ1) is 29.0. The zero-order valence-corrected chi connectivity index (χ0v) is 23.3. The summed E-state index contributed by atoms with van der Waals surface area (Å²) < 4.78 is 6.96. The molecule has 2 aromatic carbocycles. The minimum Gasteiger partial charge on any atom is -0.486 e. The molecule has 208 valence electrons. The van der Waals surface area contributed by atoms with Gasteiger partial charge in [-0.25, -0.2) is 9.97 Å². The number of hydrogen-bond acceptors (Lipinski definition) is 10. The first-order valence-electron chi connectivity index (χ1n) is 12.5. The molecule has 0 saturated heterocycles. The molecule has 0 amide bonds. The highest BCUT2D eigenvalue weighted by atomic mass is 35.5. The molecule has 0 radical (unpaired) electrons. The Labute approximate surface area is 240 Å². The molecular weight excluding hydrogens is 552 g/mol. The number of halogens is 1. The summed E-state index contributed by atoms with van der Waals surface area (Å²) in [6.07, 6.45) is 3.30. The van der Waals surface area contributed by atoms with Crippen molar-refractivity contribution >= 4 is 66.4 Å². The van der Waals surface area contributed by atoms with Crippen molar-refractivity contribution in [3.8, 4) is 5.75 Å². The molecule has 0 aliphatic carbocycles. The Bertz CT molecular complexity index is 1560. The van der Waals surface area contributed by atoms with Crippen LogP contribution in [0.25, 0.3) is 20.3 Å². The number of thiophene rings is 1. The van der Waals surface area contributed by atoms with Crippen molar-refractivity contribution < 1.29 is 19.7 Å². The Morgan fingerprint density at radius 3 is 2.60 bits per heavy atom. The SMILES string of the molecule is CC(=O)O.OCCNCCNc1ccc2c(c1)sc1ncnc(Nc3ccc(OCc4ccccn4)c(Cl)c3)c12. The number of benzene rings is 2. The lowest BCUT2D eigenvalue weighted by atomic mass is 10.2. The quantitative estimate of drug-likeness (QED) is 0.131. The van der Waals surface area contributed by atoms with Gasteiger partial charge in [0.05, 0.1) is 22.7 Å². The summed E-state index contributed by atoms with van der Waals surface area (Å²) in [5.41, 5.74) is 2.67. The van der Waals surface area contributed by atoms with Crippen LogP contribution in [0.5, 0.6) is 5.75 Å². The molecule has 0 saturated carbocycles. The van der Waals surface area contributed by atoms with E-state index in [1.54, 1.807) is 23.9 Å². The van der Waals surface area contributed by atoms with Crippen molar-refractivity contribution in [2.75, 3.05) is 36.9 Å². The highest BCUT2D eigenvalue weighted by Crippen LogP contribution is 2.38. The summed E-state index contributed by atoms with van der Waals surface area (Å²) in [4.78, 5) is 23.2. The summed E-state index contributed by atoms with van der Waals surface area (Å²) >= 11 is 8.13. The number of nitrogens with zero attached hydrogens (tertiary/aromatic N) is 3. The van der Waals surface area contributed by atoms with Gasteiger partial charge in [0, 0.05) is 54.2 Å². The maximum atomic E-state index is 9.00. The molecule has 12 heteroatoms. The lowest BCUT2D eigenvalue weighted by Crippen LogP contribution is -2.24. The number of aromatic nitrogens is 3. The smallest absolute Gasteiger partial charge is 0.300 e. The number of carboxylic acid groups (broad SMARTS) is 1. The largest absolute Gasteiger partial charge is 0.486 e. The topological polar surface area (TPSA) is 142 Å². The Morgan fingerprint density at radius 2 is 1.85 bits per heavy atom. The van der Waals surface area contributed by atoms with E-state index in [1.807, 2.05) is 36.4 Å². The fraction of sp³-hybridized carbons (Fsp3) is 0.214. The molecule has 40 heavy (non-hydrogen) atoms. The molecular formula is C28H29ClN6O4S. The molecule has 3 heterocycles. The molecule has 0 bridgehead atoms. The van der Waals surface area contributed by atoms with Crippen molar-refractivity contribution in [1.82, 2.24) is 20.3 Å². The van der Waals surface area contributed by atoms with Crippen LogP contribution < -0.4 is 20.7 Å². The second-order valence-electron chi connectivity index (χ2n) is 8.51. The monoisotopic (exact) mass is 580 g/mol. The van der Waals surface area contributed by atoms with Gasteiger partial charge in [0.1, 0.15) is 29.3 Å². The lowest BCUT2D eigenvalue weighted by molar-refractivity contribution is -0.134. The third-order valence-corrected chi connectivity index (χ3v) is 6.84. The molecule has 3 aromatic heterocycles. The van der Waals surface area contributed by atoms with Crippen LogP contribution in [-0.2, 0) is 11.4 Å². The molecule has 5 N–H and O–H groups in total. The molecule has 0 fully saturated rings. The van der Waals surface area contributed by atoms with Crippen LogP contribution in [0.15, 0.2) is 67.1 Å². The number of pyridine rings is 1. The molecule has 10 nitrogen and oxygen atoms in total. The fourth-order valence-electron chi connectivity index (χ4n) is 3.78. The number of hydrogen-bond donors (Lipinski definition) is 5. The average Bonchev–Trinajstić information content (AvgIpc) is 3.31. The van der Waals surface area contributed by atoms with E-state index in [9.17, 15) is 0 Å². The number of carboxylic acids is 1. The maximum Gasteiger partial charge on any atom is 0.300 e. The lowest BCUT2D eigenvalue weighted by Gasteiger charge is -2.11. The van der Waals surface area contributed by atoms with E-state index in [4.69, 9.17) is 31.3 Å². The predicted octanol–water partition coefficient (Wildman–Crippen LogP) is 5.30. The normalized spacial score (nSPS) is 10.7. The van der Waals surface area contributed by atoms with E-state index in [0.717, 1.165) is 63.2 Å². The van der Waals surface area contributed by atoms with Crippen LogP contribution in [-0.4, -0.2) is 57.4 Å². The second-order valence-corrected chi connectivity index (χ2v) is 9.95. The van der Waals surface area contributed by atoms with E-state index in [1.165, 1.54) is 0 Å². The van der Waals surface area contributed by atoms with Gasteiger partial charge >= 0.3 is 0 Å². The van der Waals surface area contributed by atoms with Crippen LogP contribution in [0.2, 0.25) is 5.02 Å². The van der Waals surface area contributed by atoms with Crippen LogP contribution in [0.4, 0.5) is 17.2 Å². The number of nitrogens with one attached hydrogen (secondary N) is 3. The number of aliphatic hydroxyl groups excluding tert-OH is 1. The van der Waals surface area contributed by atoms with Gasteiger partial charge in [-0.2, -0.15) is 0 Å². The van der Waals surface area contributed by atoms with Crippen LogP contribution in [0.3, 0.4) is 0 Å². The molecule has 5 rings (SSSR count). The van der Waals surface area contributed by atoms with Crippen molar-refractivity contribution in [2.45, 2.75) is 13.5 Å². The van der Waals surface area contributed by atoms with Gasteiger partial charge in [-0.1, -0.05) is 23.7 Å². The molecule has 0 unspecified atom stereocenters. The Balaban J connectivity index is 0.000000867. The van der Waals surface area contributed by atoms with Gasteiger partial charge in [0.25, 0.3) is 5.97 Å². The number of fused-ring (bicyclic) bond motifs is 3. The molecule has 0 aliphatic heterocycles. The van der Waals surface area contributed by atoms with E-state index in [0.29, 0.717) is 23.9 Å². The third-order valence-electron chi connectivity index (χ3n) is 5.49. The summed E-state index contributed by atoms with van der Waals surface area (Å²) in [7, 11) is 0. The summed E-state index contributed by atoms with van der Waals surface area (Å²) in [6.45, 7) is 3.71. The number of aliphatic hydroxyl groups is 1. The summed E-state index contributed by atoms with van der Waals surface area (Å²) in [5.74, 6) is 0.478. The molecule has 0 spiro atoms. The molecule has 0 aliphatic rings. The fourth-order valence-corrected chi connectivity index (χ4v) is 5.10. The van der Waals surface area contributed by atoms with Crippen LogP contribution in [0.1, 0.15) is 12.6 Å². The maximum absolute atomic E-state index is 9.00. The van der Waals surface area contributed by atoms with Gasteiger partial charge in [0.2, 0.25) is 0 Å². The minimum absolute atomic E-state index is 0.140. The van der Waals surface area contributed by atoms with Gasteiger partial charge < -0.3 is 30.9 Å². The number of aliphatic carboxylic acids is 1. The van der Waals surface area contributed by atoms with Crippen molar-refractivity contribution in [1.29, 1.82) is 0 Å². The zero-order valence-electron chi connectivity index (χ0n) is 21.7. The predicted molar refractivity (Wildman–Crippen MR) is 160 cm³/mol. The average molecular weight is 581 g/mol. The zero-order chi connectivity index (χ0) is 28.3. The number of carbonyl (C=O) groups is 1. The first-order chi connectivity index (χ1) is 19.4. The Morgan fingerprint density at radius 1 is 1.02 bits per heavy atom. The highest BCUT2D eigenvalue weighted by molar-refractivity contribution is 7.25. The number of ether oxygens (including phenoxy) is 1. The first-order valence-corrected chi connectivity index (χ1v) is 13.7. The van der Waals surface area contributed by atoms with E-state index in [-0.39, 0.29) is 6.61 Å². The highest BCUT2D eigenvalue weighted by Gasteiger charge is 2.13. The van der Waals surface area contributed by atoms with Crippen LogP contribution in [0, 0.1) is 0 Å². The van der Waals surface area contributed by atoms with Crippen LogP contribution >= 0.6 is 22.9 Å². The standard InChI is InChI=1S/C26H25ClN6O2S.C2H4O2/c27-21-13-18(5-7-22(21)35-15-19-3-1-2-8-29-19)33-25-24-20-6-4-17(30-10-9-28-11-12-34)14-23(20)36-26(24)32-16-31-25;1-2(3)4/h1-8,13-14,16,28,30,34H,9-12,15H2,(H,31,32,33);1H3,(H,3,4). The third kappa shape index (κ3) is 7.99. The molecule has 5 aromatic rings. The minimum atomic E-state index is -0.833. The van der Waals surface area contributed by atoms with Gasteiger partial charge in [-0.15, -0.1) is 11.3 Å². The van der Waals surface area contributed by atoms with E-state index in [2.05, 4.69) is 49.1 Å². The van der Waals surface area contributed by atoms with E-state index < -0.39 is 5.97 Å². The van der Waals surface area contributed by atoms with Crippen molar-refractivity contribution in [3.05, 3.63) is 77.8 Å². The Hall–Kier alpha value is -4.03. The van der Waals surface area contributed by atoms with Crippen molar-refractivity contribution in [3.63, 3.8) is 0 Å². The summed E-state index contributed by atoms with van der Waals surface area (Å²) in [6, 6.07) is 17.5. The van der Waals surface area contributed by atoms with Gasteiger partial charge in [-0.05, 0) is 42.5 Å². The van der Waals surface area contributed by atoms with E-state index >= 15 is 0 Å². The second kappa shape index (κ2) is 14.4. The number of rotatable bonds is 11. The Kier molecular flexibility index (Phi) is 10.4. The van der Waals surface area contributed by atoms with Gasteiger partial charge in [-0.3, -0.25) is 9.78 Å². The van der Waals surface area contributed by atoms with Gasteiger partial charge in [0.15, 0.2) is 0 Å².